The van der Waals surface area contributed by atoms with Gasteiger partial charge >= 0.3 is 16.4 Å². The van der Waals surface area contributed by atoms with E-state index >= 15 is 0 Å². The highest BCUT2D eigenvalue weighted by Gasteiger charge is 2.58. The first-order valence-electron chi connectivity index (χ1n) is 16.6. The van der Waals surface area contributed by atoms with E-state index in [1.54, 1.807) is 19.2 Å². The molecule has 2 amide bonds. The number of hydroxylamine groups is 2. The molecule has 1 saturated heterocycles. The SMILES string of the molecule is COCCC1CCC(N=C(N)c2ccc3c(c2)CC[C@H]([C@](C)(O/N=C(\C(=O)N[C@@H]2C(=O)N(OS(=O)(=O)O)C2(C)C)c2csc(N)n2)C(=O)O)O3)CC1. The predicted molar refractivity (Wildman–Crippen MR) is 188 cm³/mol. The van der Waals surface area contributed by atoms with E-state index in [0.717, 1.165) is 61.2 Å². The molecule has 7 N–H and O–H groups in total. The van der Waals surface area contributed by atoms with Crippen molar-refractivity contribution in [2.45, 2.75) is 95.0 Å². The number of aromatic nitrogens is 1. The van der Waals surface area contributed by atoms with Gasteiger partial charge in [-0.1, -0.05) is 5.16 Å². The first-order chi connectivity index (χ1) is 24.4. The number of anilines is 1. The Morgan fingerprint density at radius 3 is 2.54 bits per heavy atom. The van der Waals surface area contributed by atoms with Gasteiger partial charge in [-0.05, 0) is 95.4 Å². The van der Waals surface area contributed by atoms with Crippen LogP contribution in [-0.2, 0) is 45.1 Å². The summed E-state index contributed by atoms with van der Waals surface area (Å²) in [4.78, 5) is 53.3. The van der Waals surface area contributed by atoms with Gasteiger partial charge in [-0.15, -0.1) is 15.6 Å². The second-order valence-corrected chi connectivity index (χ2v) is 15.5. The zero-order valence-corrected chi connectivity index (χ0v) is 30.7. The highest BCUT2D eigenvalue weighted by atomic mass is 32.3. The number of methoxy groups -OCH3 is 1. The zero-order valence-electron chi connectivity index (χ0n) is 29.1. The Morgan fingerprint density at radius 2 is 1.94 bits per heavy atom. The van der Waals surface area contributed by atoms with Crippen molar-refractivity contribution in [3.8, 4) is 5.75 Å². The third-order valence-corrected chi connectivity index (χ3v) is 10.6. The number of thiazole rings is 1. The molecule has 2 aromatic rings. The Labute approximate surface area is 304 Å². The standard InChI is InChI=1S/C32H43N7O11S2/c1-31(2)25(28(41)39(31)50-52(44,45)46)37-27(40)24(21-16-51-30(34)36-21)38-49-32(3,29(42)43)23-12-8-18-15-19(7-11-22(18)48-23)26(33)35-20-9-5-17(6-10-20)13-14-47-4/h7,11,15-17,20,23,25H,5-6,8-10,12-14H2,1-4H3,(H2,33,35)(H2,34,36)(H,37,40)(H,42,43)(H,44,45,46)/b38-24-/t17?,20?,23-,25-,32+/m1/s1. The van der Waals surface area contributed by atoms with Crippen LogP contribution in [0.4, 0.5) is 5.13 Å². The second kappa shape index (κ2) is 15.3. The third-order valence-electron chi connectivity index (χ3n) is 9.64. The fourth-order valence-electron chi connectivity index (χ4n) is 6.45. The Balaban J connectivity index is 1.30. The highest BCUT2D eigenvalue weighted by Crippen LogP contribution is 2.36. The van der Waals surface area contributed by atoms with Crippen LogP contribution in [0.25, 0.3) is 0 Å². The van der Waals surface area contributed by atoms with Crippen molar-refractivity contribution in [1.82, 2.24) is 15.4 Å². The molecule has 5 rings (SSSR count). The maximum Gasteiger partial charge on any atom is 0.418 e. The molecule has 18 nitrogen and oxygen atoms in total. The number of β-lactam (4-membered cyclic amide) rings is 1. The number of aryl methyl sites for hydroxylation is 1. The number of carbonyl (C=O) groups excluding carboxylic acids is 2. The maximum atomic E-state index is 13.5. The molecule has 2 fully saturated rings. The van der Waals surface area contributed by atoms with Gasteiger partial charge in [0.15, 0.2) is 16.9 Å². The number of nitrogens with zero attached hydrogens (tertiary/aromatic N) is 4. The van der Waals surface area contributed by atoms with Crippen LogP contribution in [0.1, 0.15) is 76.1 Å². The Kier molecular flexibility index (Phi) is 11.4. The van der Waals surface area contributed by atoms with Gasteiger partial charge in [-0.2, -0.15) is 13.5 Å². The van der Waals surface area contributed by atoms with Crippen molar-refractivity contribution >= 4 is 56.2 Å². The lowest BCUT2D eigenvalue weighted by molar-refractivity contribution is -0.218. The molecule has 3 aliphatic rings. The van der Waals surface area contributed by atoms with Crippen molar-refractivity contribution in [3.63, 3.8) is 0 Å². The largest absolute Gasteiger partial charge is 0.485 e. The Morgan fingerprint density at radius 1 is 1.23 bits per heavy atom. The minimum Gasteiger partial charge on any atom is -0.485 e. The molecule has 0 bridgehead atoms. The monoisotopic (exact) mass is 765 g/mol. The first kappa shape index (κ1) is 38.9. The number of ether oxygens (including phenoxy) is 2. The molecule has 1 saturated carbocycles. The molecule has 1 aromatic carbocycles. The summed E-state index contributed by atoms with van der Waals surface area (Å²) in [5, 5.41) is 18.5. The number of aliphatic carboxylic acids is 1. The van der Waals surface area contributed by atoms with Crippen molar-refractivity contribution in [2.24, 2.45) is 21.8 Å². The van der Waals surface area contributed by atoms with Gasteiger partial charge < -0.3 is 36.2 Å². The van der Waals surface area contributed by atoms with Crippen LogP contribution in [0, 0.1) is 5.92 Å². The third kappa shape index (κ3) is 8.46. The summed E-state index contributed by atoms with van der Waals surface area (Å²) < 4.78 is 47.1. The van der Waals surface area contributed by atoms with Crippen LogP contribution >= 0.6 is 11.3 Å². The van der Waals surface area contributed by atoms with Crippen LogP contribution in [-0.4, -0.2) is 100 Å². The smallest absolute Gasteiger partial charge is 0.418 e. The van der Waals surface area contributed by atoms with Gasteiger partial charge in [0.05, 0.1) is 11.6 Å². The van der Waals surface area contributed by atoms with Crippen molar-refractivity contribution in [2.75, 3.05) is 19.5 Å². The lowest BCUT2D eigenvalue weighted by atomic mass is 9.84. The molecular formula is C32H43N7O11S2. The number of hydrogen-bond donors (Lipinski definition) is 5. The lowest BCUT2D eigenvalue weighted by Gasteiger charge is -2.50. The summed E-state index contributed by atoms with van der Waals surface area (Å²) in [6, 6.07) is 4.16. The highest BCUT2D eigenvalue weighted by molar-refractivity contribution is 7.80. The van der Waals surface area contributed by atoms with Crippen LogP contribution in [0.3, 0.4) is 0 Å². The summed E-state index contributed by atoms with van der Waals surface area (Å²) in [5.41, 5.74) is 9.60. The molecule has 1 aliphatic carbocycles. The topological polar surface area (TPSA) is 268 Å². The predicted octanol–water partition coefficient (Wildman–Crippen LogP) is 1.82. The summed E-state index contributed by atoms with van der Waals surface area (Å²) in [6.07, 6.45) is 4.68. The molecule has 3 heterocycles. The lowest BCUT2D eigenvalue weighted by Crippen LogP contribution is -2.76. The number of nitrogens with two attached hydrogens (primary N) is 2. The Bertz CT molecular complexity index is 1860. The number of carboxylic acid groups (broad SMARTS) is 1. The normalized spacial score (nSPS) is 24.6. The van der Waals surface area contributed by atoms with Crippen molar-refractivity contribution < 1.29 is 51.1 Å². The summed E-state index contributed by atoms with van der Waals surface area (Å²) in [6.45, 7) is 4.76. The van der Waals surface area contributed by atoms with Crippen LogP contribution in [0.15, 0.2) is 33.7 Å². The average molecular weight is 766 g/mol. The molecule has 0 radical (unpaired) electrons. The molecule has 284 valence electrons. The number of carboxylic acids is 1. The molecule has 0 unspecified atom stereocenters. The molecule has 0 spiro atoms. The fourth-order valence-corrected chi connectivity index (χ4v) is 7.45. The van der Waals surface area contributed by atoms with Gasteiger partial charge in [0.1, 0.15) is 23.3 Å². The number of nitrogens with one attached hydrogen (secondary N) is 1. The quantitative estimate of drug-likeness (QED) is 0.0604. The Hall–Kier alpha value is -4.37. The average Bonchev–Trinajstić information content (AvgIpc) is 3.53. The zero-order chi connectivity index (χ0) is 38.0. The van der Waals surface area contributed by atoms with E-state index in [9.17, 15) is 27.9 Å². The molecule has 20 heteroatoms. The van der Waals surface area contributed by atoms with Gasteiger partial charge in [0.2, 0.25) is 0 Å². The number of benzene rings is 1. The number of nitrogen functional groups attached to an aromatic ring is 1. The number of fused-ring (bicyclic) bond motifs is 1. The van der Waals surface area contributed by atoms with E-state index in [-0.39, 0.29) is 23.3 Å². The van der Waals surface area contributed by atoms with E-state index in [4.69, 9.17) is 35.3 Å². The minimum atomic E-state index is -5.03. The van der Waals surface area contributed by atoms with E-state index < -0.39 is 57.2 Å². The van der Waals surface area contributed by atoms with Gasteiger partial charge in [-0.25, -0.2) is 9.78 Å². The molecule has 1 aromatic heterocycles. The molecule has 2 aliphatic heterocycles. The number of hydrogen-bond acceptors (Lipinski definition) is 14. The first-order valence-corrected chi connectivity index (χ1v) is 18.8. The van der Waals surface area contributed by atoms with Crippen LogP contribution in [0.2, 0.25) is 0 Å². The minimum absolute atomic E-state index is 0.0619. The van der Waals surface area contributed by atoms with Crippen molar-refractivity contribution in [3.05, 3.63) is 40.4 Å². The fraction of sp³-hybridized carbons (Fsp3) is 0.562. The number of amides is 2. The summed E-state index contributed by atoms with van der Waals surface area (Å²) in [5.74, 6) is -1.94. The molecule has 52 heavy (non-hydrogen) atoms. The van der Waals surface area contributed by atoms with Crippen LogP contribution in [0.5, 0.6) is 5.75 Å². The number of amidine groups is 1. The number of aliphatic imine (C=N–C) groups is 1. The maximum absolute atomic E-state index is 13.5. The summed E-state index contributed by atoms with van der Waals surface area (Å²) in [7, 11) is -3.32. The molecule has 3 atom stereocenters. The number of oxime groups is 1. The van der Waals surface area contributed by atoms with E-state index in [2.05, 4.69) is 19.7 Å². The van der Waals surface area contributed by atoms with Gasteiger partial charge in [0.25, 0.3) is 17.4 Å². The number of carbonyl (C=O) groups is 3. The van der Waals surface area contributed by atoms with E-state index in [1.807, 2.05) is 6.07 Å². The second-order valence-electron chi connectivity index (χ2n) is 13.6. The van der Waals surface area contributed by atoms with Gasteiger partial charge in [-0.3, -0.25) is 19.1 Å². The van der Waals surface area contributed by atoms with Crippen LogP contribution < -0.4 is 21.5 Å². The summed E-state index contributed by atoms with van der Waals surface area (Å²) >= 11 is 0.969. The number of rotatable bonds is 14. The van der Waals surface area contributed by atoms with Crippen molar-refractivity contribution in [1.29, 1.82) is 0 Å². The van der Waals surface area contributed by atoms with Gasteiger partial charge in [0, 0.05) is 24.7 Å². The van der Waals surface area contributed by atoms with E-state index in [1.165, 1.54) is 26.2 Å². The molecular weight excluding hydrogens is 723 g/mol. The van der Waals surface area contributed by atoms with E-state index in [0.29, 0.717) is 29.0 Å².